The summed E-state index contributed by atoms with van der Waals surface area (Å²) in [7, 11) is 0. The van der Waals surface area contributed by atoms with Crippen LogP contribution in [-0.2, 0) is 32.7 Å². The Kier molecular flexibility index (Phi) is 5.72. The summed E-state index contributed by atoms with van der Waals surface area (Å²) in [6.45, 7) is 6.49. The van der Waals surface area contributed by atoms with E-state index in [1.54, 1.807) is 0 Å². The Hall–Kier alpha value is -1.24. The standard InChI is InChI=1S/C21H19.Y/c1-15-9-11-19(12-10-15)21-14-16(2)20(13-17(21)3)18-7-5-4-6-8-18;/h5-14H,1-3H3;/q-1;. The number of rotatable bonds is 2. The van der Waals surface area contributed by atoms with Gasteiger partial charge in [-0.3, -0.25) is 0 Å². The van der Waals surface area contributed by atoms with Gasteiger partial charge in [-0.1, -0.05) is 42.0 Å². The molecule has 3 aromatic rings. The van der Waals surface area contributed by atoms with E-state index in [9.17, 15) is 0 Å². The molecule has 0 aromatic heterocycles. The molecule has 0 bridgehead atoms. The molecule has 0 unspecified atom stereocenters. The normalized spacial score (nSPS) is 10.1. The molecule has 3 rings (SSSR count). The van der Waals surface area contributed by atoms with E-state index in [4.69, 9.17) is 0 Å². The van der Waals surface area contributed by atoms with Crippen LogP contribution in [0.15, 0.2) is 60.7 Å². The van der Waals surface area contributed by atoms with Gasteiger partial charge in [0.15, 0.2) is 0 Å². The Morgan fingerprint density at radius 3 is 1.59 bits per heavy atom. The molecule has 1 heteroatoms. The minimum atomic E-state index is 0. The first-order chi connectivity index (χ1) is 10.1. The second-order valence-corrected chi connectivity index (χ2v) is 5.64. The maximum atomic E-state index is 3.08. The van der Waals surface area contributed by atoms with Crippen LogP contribution in [-0.4, -0.2) is 0 Å². The summed E-state index contributed by atoms with van der Waals surface area (Å²) >= 11 is 0. The molecule has 0 saturated heterocycles. The van der Waals surface area contributed by atoms with Crippen LogP contribution in [0.4, 0.5) is 0 Å². The molecule has 0 amide bonds. The average Bonchev–Trinajstić information content (AvgIpc) is 2.51. The van der Waals surface area contributed by atoms with E-state index in [2.05, 4.69) is 75.4 Å². The second-order valence-electron chi connectivity index (χ2n) is 5.64. The molecule has 0 atom stereocenters. The van der Waals surface area contributed by atoms with Crippen LogP contribution in [0, 0.1) is 26.8 Å². The van der Waals surface area contributed by atoms with Gasteiger partial charge in [0.2, 0.25) is 0 Å². The zero-order chi connectivity index (χ0) is 14.8. The molecule has 22 heavy (non-hydrogen) atoms. The van der Waals surface area contributed by atoms with Gasteiger partial charge in [0.1, 0.15) is 0 Å². The van der Waals surface area contributed by atoms with Crippen LogP contribution in [0.1, 0.15) is 16.7 Å². The van der Waals surface area contributed by atoms with E-state index in [0.29, 0.717) is 0 Å². The van der Waals surface area contributed by atoms with Gasteiger partial charge in [0, 0.05) is 32.7 Å². The fourth-order valence-corrected chi connectivity index (χ4v) is 2.74. The predicted octanol–water partition coefficient (Wildman–Crippen LogP) is 5.74. The molecule has 0 aliphatic carbocycles. The first-order valence-corrected chi connectivity index (χ1v) is 7.30. The summed E-state index contributed by atoms with van der Waals surface area (Å²) in [5, 5.41) is 0. The van der Waals surface area contributed by atoms with Crippen LogP contribution in [0.25, 0.3) is 22.3 Å². The molecule has 0 aliphatic rings. The Balaban J connectivity index is 0.00000176. The Morgan fingerprint density at radius 2 is 1.09 bits per heavy atom. The van der Waals surface area contributed by atoms with E-state index < -0.39 is 0 Å². The molecular weight excluding hydrogens is 341 g/mol. The SMILES string of the molecule is Cc1ccc(-c2cc(C)c(-c3cc[c-]cc3)cc2C)cc1.[Y]. The van der Waals surface area contributed by atoms with Gasteiger partial charge in [-0.25, -0.2) is 0 Å². The van der Waals surface area contributed by atoms with Gasteiger partial charge in [-0.05, 0) is 48.6 Å². The monoisotopic (exact) mass is 360 g/mol. The third-order valence-electron chi connectivity index (χ3n) is 3.96. The van der Waals surface area contributed by atoms with Gasteiger partial charge >= 0.3 is 0 Å². The number of hydrogen-bond donors (Lipinski definition) is 0. The molecule has 0 spiro atoms. The molecule has 1 radical (unpaired) electrons. The van der Waals surface area contributed by atoms with E-state index in [1.807, 2.05) is 12.1 Å². The Labute approximate surface area is 158 Å². The molecule has 0 aliphatic heterocycles. The van der Waals surface area contributed by atoms with Gasteiger partial charge in [-0.2, -0.15) is 30.3 Å². The van der Waals surface area contributed by atoms with Crippen LogP contribution in [0.2, 0.25) is 0 Å². The summed E-state index contributed by atoms with van der Waals surface area (Å²) in [5.74, 6) is 0. The third kappa shape index (κ3) is 3.56. The first kappa shape index (κ1) is 17.1. The van der Waals surface area contributed by atoms with E-state index in [0.717, 1.165) is 0 Å². The topological polar surface area (TPSA) is 0 Å². The molecule has 3 aromatic carbocycles. The van der Waals surface area contributed by atoms with Crippen LogP contribution >= 0.6 is 0 Å². The largest absolute Gasteiger partial charge is 0.184 e. The molecule has 0 saturated carbocycles. The van der Waals surface area contributed by atoms with Gasteiger partial charge in [0.25, 0.3) is 0 Å². The van der Waals surface area contributed by atoms with Crippen molar-refractivity contribution in [2.75, 3.05) is 0 Å². The van der Waals surface area contributed by atoms with Crippen molar-refractivity contribution in [1.82, 2.24) is 0 Å². The summed E-state index contributed by atoms with van der Waals surface area (Å²) in [6, 6.07) is 24.6. The smallest absolute Gasteiger partial charge is 0 e. The second kappa shape index (κ2) is 7.35. The summed E-state index contributed by atoms with van der Waals surface area (Å²) < 4.78 is 0. The molecule has 107 valence electrons. The van der Waals surface area contributed by atoms with Crippen molar-refractivity contribution < 1.29 is 32.7 Å². The van der Waals surface area contributed by atoms with Crippen LogP contribution < -0.4 is 0 Å². The summed E-state index contributed by atoms with van der Waals surface area (Å²) in [6.07, 6.45) is 0. The maximum Gasteiger partial charge on any atom is 0 e. The zero-order valence-electron chi connectivity index (χ0n) is 13.4. The van der Waals surface area contributed by atoms with Crippen molar-refractivity contribution in [1.29, 1.82) is 0 Å². The molecular formula is C21H19Y-. The van der Waals surface area contributed by atoms with Gasteiger partial charge < -0.3 is 0 Å². The van der Waals surface area contributed by atoms with Gasteiger partial charge in [-0.15, -0.1) is 5.56 Å². The molecule has 0 heterocycles. The fourth-order valence-electron chi connectivity index (χ4n) is 2.74. The Bertz CT molecular complexity index is 756. The van der Waals surface area contributed by atoms with Crippen molar-refractivity contribution in [3.63, 3.8) is 0 Å². The van der Waals surface area contributed by atoms with Crippen molar-refractivity contribution >= 4 is 0 Å². The van der Waals surface area contributed by atoms with Crippen molar-refractivity contribution in [2.24, 2.45) is 0 Å². The Morgan fingerprint density at radius 1 is 0.636 bits per heavy atom. The van der Waals surface area contributed by atoms with Crippen LogP contribution in [0.3, 0.4) is 0 Å². The quantitative estimate of drug-likeness (QED) is 0.511. The fraction of sp³-hybridized carbons (Fsp3) is 0.143. The zero-order valence-corrected chi connectivity index (χ0v) is 16.2. The number of benzene rings is 3. The van der Waals surface area contributed by atoms with E-state index in [1.165, 1.54) is 38.9 Å². The minimum absolute atomic E-state index is 0. The summed E-state index contributed by atoms with van der Waals surface area (Å²) in [4.78, 5) is 0. The van der Waals surface area contributed by atoms with E-state index in [-0.39, 0.29) is 32.7 Å². The van der Waals surface area contributed by atoms with Crippen molar-refractivity contribution in [3.05, 3.63) is 83.4 Å². The number of aryl methyl sites for hydroxylation is 3. The minimum Gasteiger partial charge on any atom is -0.184 e. The van der Waals surface area contributed by atoms with E-state index >= 15 is 0 Å². The van der Waals surface area contributed by atoms with Crippen molar-refractivity contribution in [2.45, 2.75) is 20.8 Å². The maximum absolute atomic E-state index is 3.08. The van der Waals surface area contributed by atoms with Crippen molar-refractivity contribution in [3.8, 4) is 22.3 Å². The van der Waals surface area contributed by atoms with Crippen LogP contribution in [0.5, 0.6) is 0 Å². The summed E-state index contributed by atoms with van der Waals surface area (Å²) in [5.41, 5.74) is 9.08. The predicted molar refractivity (Wildman–Crippen MR) is 90.4 cm³/mol. The number of hydrogen-bond acceptors (Lipinski definition) is 0. The average molecular weight is 360 g/mol. The molecule has 0 N–H and O–H groups in total. The first-order valence-electron chi connectivity index (χ1n) is 7.30. The van der Waals surface area contributed by atoms with Gasteiger partial charge in [0.05, 0.1) is 0 Å². The molecule has 0 nitrogen and oxygen atoms in total. The molecule has 0 fully saturated rings. The third-order valence-corrected chi connectivity index (χ3v) is 3.96.